The number of anilines is 2. The highest BCUT2D eigenvalue weighted by Gasteiger charge is 2.52. The highest BCUT2D eigenvalue weighted by Crippen LogP contribution is 2.51. The van der Waals surface area contributed by atoms with Crippen molar-refractivity contribution in [3.8, 4) is 5.75 Å². The largest absolute Gasteiger partial charge is 0.496 e. The Labute approximate surface area is 170 Å². The molecule has 1 aliphatic heterocycles. The van der Waals surface area contributed by atoms with E-state index in [2.05, 4.69) is 25.5 Å². The molecule has 1 aromatic heterocycles. The number of hydrogen-bond acceptors (Lipinski definition) is 7. The van der Waals surface area contributed by atoms with Gasteiger partial charge in [0.2, 0.25) is 5.91 Å². The van der Waals surface area contributed by atoms with E-state index in [9.17, 15) is 4.79 Å². The van der Waals surface area contributed by atoms with Crippen molar-refractivity contribution in [3.63, 3.8) is 0 Å². The van der Waals surface area contributed by atoms with E-state index >= 15 is 0 Å². The zero-order valence-electron chi connectivity index (χ0n) is 16.7. The lowest BCUT2D eigenvalue weighted by Crippen LogP contribution is -2.37. The Balaban J connectivity index is 1.29. The van der Waals surface area contributed by atoms with E-state index in [4.69, 9.17) is 9.47 Å². The predicted molar refractivity (Wildman–Crippen MR) is 110 cm³/mol. The number of para-hydroxylation sites is 1. The molecule has 2 aliphatic rings. The predicted octanol–water partition coefficient (Wildman–Crippen LogP) is 1.58. The third kappa shape index (κ3) is 4.27. The molecule has 2 fully saturated rings. The van der Waals surface area contributed by atoms with E-state index in [1.165, 1.54) is 0 Å². The molecule has 0 atom stereocenters. The van der Waals surface area contributed by atoms with E-state index in [1.807, 2.05) is 30.3 Å². The van der Waals surface area contributed by atoms with Crippen LogP contribution < -0.4 is 20.3 Å². The lowest BCUT2D eigenvalue weighted by molar-refractivity contribution is -0.123. The van der Waals surface area contributed by atoms with Crippen LogP contribution in [-0.2, 0) is 14.9 Å². The van der Waals surface area contributed by atoms with Crippen molar-refractivity contribution in [1.29, 1.82) is 0 Å². The number of nitrogens with one attached hydrogen (secondary N) is 2. The molecule has 1 amide bonds. The first kappa shape index (κ1) is 19.4. The summed E-state index contributed by atoms with van der Waals surface area (Å²) in [6.45, 7) is 4.20. The second-order valence-corrected chi connectivity index (χ2v) is 7.33. The van der Waals surface area contributed by atoms with Crippen LogP contribution >= 0.6 is 0 Å². The molecule has 154 valence electrons. The maximum absolute atomic E-state index is 12.8. The minimum Gasteiger partial charge on any atom is -0.496 e. The molecular weight excluding hydrogens is 370 g/mol. The van der Waals surface area contributed by atoms with E-state index in [-0.39, 0.29) is 5.91 Å². The Kier molecular flexibility index (Phi) is 5.80. The molecule has 8 heteroatoms. The quantitative estimate of drug-likeness (QED) is 0.654. The fourth-order valence-electron chi connectivity index (χ4n) is 3.73. The molecule has 2 heterocycles. The van der Waals surface area contributed by atoms with Gasteiger partial charge in [-0.05, 0) is 18.9 Å². The van der Waals surface area contributed by atoms with Crippen LogP contribution in [0.15, 0.2) is 36.7 Å². The second kappa shape index (κ2) is 8.65. The van der Waals surface area contributed by atoms with Crippen molar-refractivity contribution in [2.24, 2.45) is 0 Å². The summed E-state index contributed by atoms with van der Waals surface area (Å²) in [6, 6.07) is 9.70. The van der Waals surface area contributed by atoms with Gasteiger partial charge in [-0.3, -0.25) is 4.79 Å². The number of ether oxygens (including phenoxy) is 2. The van der Waals surface area contributed by atoms with Crippen LogP contribution in [0.3, 0.4) is 0 Å². The maximum Gasteiger partial charge on any atom is 0.230 e. The van der Waals surface area contributed by atoms with Crippen molar-refractivity contribution in [1.82, 2.24) is 15.3 Å². The van der Waals surface area contributed by atoms with Crippen molar-refractivity contribution in [2.45, 2.75) is 18.3 Å². The fourth-order valence-corrected chi connectivity index (χ4v) is 3.73. The number of aromatic nitrogens is 2. The minimum absolute atomic E-state index is 0.0560. The van der Waals surface area contributed by atoms with Crippen molar-refractivity contribution in [2.75, 3.05) is 56.7 Å². The molecule has 0 bridgehead atoms. The van der Waals surface area contributed by atoms with Crippen LogP contribution in [0, 0.1) is 0 Å². The fraction of sp³-hybridized carbons (Fsp3) is 0.476. The second-order valence-electron chi connectivity index (χ2n) is 7.33. The van der Waals surface area contributed by atoms with Gasteiger partial charge < -0.3 is 25.0 Å². The lowest BCUT2D eigenvalue weighted by Gasteiger charge is -2.27. The number of carbonyl (C=O) groups excluding carboxylic acids is 1. The van der Waals surface area contributed by atoms with Crippen molar-refractivity contribution >= 4 is 17.5 Å². The molecule has 1 aliphatic carbocycles. The zero-order chi connectivity index (χ0) is 20.1. The molecule has 1 aromatic carbocycles. The van der Waals surface area contributed by atoms with E-state index < -0.39 is 5.41 Å². The van der Waals surface area contributed by atoms with Gasteiger partial charge in [-0.25, -0.2) is 9.97 Å². The monoisotopic (exact) mass is 397 g/mol. The Bertz CT molecular complexity index is 850. The minimum atomic E-state index is -0.453. The van der Waals surface area contributed by atoms with Gasteiger partial charge in [0.05, 0.1) is 25.7 Å². The van der Waals surface area contributed by atoms with Crippen LogP contribution in [0.4, 0.5) is 11.6 Å². The molecule has 0 spiro atoms. The summed E-state index contributed by atoms with van der Waals surface area (Å²) in [5.41, 5.74) is 0.518. The summed E-state index contributed by atoms with van der Waals surface area (Å²) >= 11 is 0. The summed E-state index contributed by atoms with van der Waals surface area (Å²) in [5.74, 6) is 2.47. The first-order chi connectivity index (χ1) is 14.2. The molecular formula is C21H27N5O3. The van der Waals surface area contributed by atoms with Gasteiger partial charge in [-0.1, -0.05) is 18.2 Å². The van der Waals surface area contributed by atoms with E-state index in [0.29, 0.717) is 26.3 Å². The van der Waals surface area contributed by atoms with E-state index in [1.54, 1.807) is 13.4 Å². The molecule has 2 aromatic rings. The third-order valence-corrected chi connectivity index (χ3v) is 5.51. The average Bonchev–Trinajstić information content (AvgIpc) is 3.59. The van der Waals surface area contributed by atoms with Gasteiger partial charge in [0.1, 0.15) is 23.7 Å². The SMILES string of the molecule is COc1ccccc1C1(C(=O)NCCNc2cc(N3CCOCC3)ncn2)CC1. The van der Waals surface area contributed by atoms with Crippen LogP contribution in [0.2, 0.25) is 0 Å². The Morgan fingerprint density at radius 1 is 1.21 bits per heavy atom. The summed E-state index contributed by atoms with van der Waals surface area (Å²) in [6.07, 6.45) is 3.26. The summed E-state index contributed by atoms with van der Waals surface area (Å²) in [7, 11) is 1.64. The van der Waals surface area contributed by atoms with Gasteiger partial charge >= 0.3 is 0 Å². The van der Waals surface area contributed by atoms with Crippen LogP contribution in [0.5, 0.6) is 5.75 Å². The number of hydrogen-bond donors (Lipinski definition) is 2. The molecule has 4 rings (SSSR count). The molecule has 1 saturated heterocycles. The maximum atomic E-state index is 12.8. The number of morpholine rings is 1. The van der Waals surface area contributed by atoms with Crippen LogP contribution in [0.1, 0.15) is 18.4 Å². The summed E-state index contributed by atoms with van der Waals surface area (Å²) in [5, 5.41) is 6.32. The Morgan fingerprint density at radius 3 is 2.76 bits per heavy atom. The zero-order valence-corrected chi connectivity index (χ0v) is 16.7. The first-order valence-corrected chi connectivity index (χ1v) is 10.0. The normalized spacial score (nSPS) is 17.5. The summed E-state index contributed by atoms with van der Waals surface area (Å²) < 4.78 is 10.8. The summed E-state index contributed by atoms with van der Waals surface area (Å²) in [4.78, 5) is 23.6. The number of rotatable bonds is 8. The number of carbonyl (C=O) groups is 1. The topological polar surface area (TPSA) is 88.6 Å². The highest BCUT2D eigenvalue weighted by atomic mass is 16.5. The Hall–Kier alpha value is -2.87. The van der Waals surface area contributed by atoms with Crippen LogP contribution in [0.25, 0.3) is 0 Å². The van der Waals surface area contributed by atoms with Gasteiger partial charge in [0.25, 0.3) is 0 Å². The number of amides is 1. The van der Waals surface area contributed by atoms with E-state index in [0.717, 1.165) is 48.9 Å². The highest BCUT2D eigenvalue weighted by molar-refractivity contribution is 5.92. The van der Waals surface area contributed by atoms with Crippen molar-refractivity contribution < 1.29 is 14.3 Å². The molecule has 0 unspecified atom stereocenters. The molecule has 2 N–H and O–H groups in total. The number of methoxy groups -OCH3 is 1. The number of benzene rings is 1. The standard InChI is InChI=1S/C21H27N5O3/c1-28-17-5-3-2-4-16(17)21(6-7-21)20(27)23-9-8-22-18-14-19(25-15-24-18)26-10-12-29-13-11-26/h2-5,14-15H,6-13H2,1H3,(H,23,27)(H,22,24,25). The molecule has 29 heavy (non-hydrogen) atoms. The van der Waals surface area contributed by atoms with Gasteiger partial charge in [-0.2, -0.15) is 0 Å². The smallest absolute Gasteiger partial charge is 0.230 e. The van der Waals surface area contributed by atoms with Gasteiger partial charge in [0, 0.05) is 37.8 Å². The molecule has 8 nitrogen and oxygen atoms in total. The Morgan fingerprint density at radius 2 is 2.00 bits per heavy atom. The van der Waals surface area contributed by atoms with Crippen LogP contribution in [-0.4, -0.2) is 62.4 Å². The first-order valence-electron chi connectivity index (χ1n) is 10.0. The average molecular weight is 397 g/mol. The molecule has 1 saturated carbocycles. The van der Waals surface area contributed by atoms with Crippen molar-refractivity contribution in [3.05, 3.63) is 42.2 Å². The third-order valence-electron chi connectivity index (χ3n) is 5.51. The van der Waals surface area contributed by atoms with Gasteiger partial charge in [0.15, 0.2) is 0 Å². The lowest BCUT2D eigenvalue weighted by atomic mass is 9.94. The molecule has 0 radical (unpaired) electrons. The number of nitrogens with zero attached hydrogens (tertiary/aromatic N) is 3. The van der Waals surface area contributed by atoms with Gasteiger partial charge in [-0.15, -0.1) is 0 Å².